The van der Waals surface area contributed by atoms with Crippen LogP contribution in [0.15, 0.2) is 48.5 Å². The molecule has 0 aliphatic carbocycles. The highest BCUT2D eigenvalue weighted by molar-refractivity contribution is 9.38. The third-order valence-corrected chi connectivity index (χ3v) is 4.06. The Kier molecular flexibility index (Phi) is 3.20. The molecule has 1 aromatic heterocycles. The Morgan fingerprint density at radius 3 is 1.61 bits per heavy atom. The highest BCUT2D eigenvalue weighted by Gasteiger charge is 2.26. The van der Waals surface area contributed by atoms with Gasteiger partial charge in [-0.15, -0.1) is 0 Å². The number of aromatic nitrogens is 1. The molecule has 0 amide bonds. The molecule has 4 heteroatoms. The second-order valence-electron chi connectivity index (χ2n) is 4.02. The fourth-order valence-electron chi connectivity index (χ4n) is 2.15. The number of pyridine rings is 1. The molecule has 18 heavy (non-hydrogen) atoms. The number of alkyl halides is 3. The van der Waals surface area contributed by atoms with Crippen LogP contribution in [0.1, 0.15) is 5.56 Å². The molecule has 0 unspecified atom stereocenters. The van der Waals surface area contributed by atoms with Crippen molar-refractivity contribution in [3.05, 3.63) is 54.1 Å². The first-order valence-electron chi connectivity index (χ1n) is 5.42. The van der Waals surface area contributed by atoms with Gasteiger partial charge in [-0.2, -0.15) is 0 Å². The normalized spacial score (nSPS) is 12.2. The number of nitrogens with zero attached hydrogens (tertiary/aromatic N) is 1. The van der Waals surface area contributed by atoms with Crippen LogP contribution in [0.2, 0.25) is 0 Å². The molecule has 90 valence electrons. The maximum absolute atomic E-state index is 4.69. The Bertz CT molecular complexity index is 678. The van der Waals surface area contributed by atoms with Gasteiger partial charge in [0.25, 0.3) is 0 Å². The predicted molar refractivity (Wildman–Crippen MR) is 87.7 cm³/mol. The number of halogens is 3. The van der Waals surface area contributed by atoms with Crippen molar-refractivity contribution in [2.75, 3.05) is 0 Å². The minimum atomic E-state index is -0.449. The van der Waals surface area contributed by atoms with Gasteiger partial charge < -0.3 is 0 Å². The Balaban J connectivity index is 2.58. The van der Waals surface area contributed by atoms with Crippen molar-refractivity contribution in [2.45, 2.75) is 2.14 Å². The monoisotopic (exact) mass is 427 g/mol. The minimum Gasteiger partial charge on any atom is -0.248 e. The summed E-state index contributed by atoms with van der Waals surface area (Å²) >= 11 is 10.9. The molecule has 0 saturated heterocycles. The summed E-state index contributed by atoms with van der Waals surface area (Å²) in [4.78, 5) is 4.69. The van der Waals surface area contributed by atoms with E-state index in [-0.39, 0.29) is 0 Å². The summed E-state index contributed by atoms with van der Waals surface area (Å²) in [6.45, 7) is 0. The summed E-state index contributed by atoms with van der Waals surface area (Å²) in [7, 11) is 0. The molecule has 0 aliphatic rings. The number of hydrogen-bond donors (Lipinski definition) is 0. The van der Waals surface area contributed by atoms with E-state index in [4.69, 9.17) is 0 Å². The maximum Gasteiger partial charge on any atom is 0.161 e. The molecule has 0 N–H and O–H groups in total. The summed E-state index contributed by atoms with van der Waals surface area (Å²) < 4.78 is -0.449. The van der Waals surface area contributed by atoms with Crippen LogP contribution < -0.4 is 0 Å². The maximum atomic E-state index is 4.69. The molecular weight excluding hydrogens is 422 g/mol. The van der Waals surface area contributed by atoms with Crippen LogP contribution in [0.3, 0.4) is 0 Å². The van der Waals surface area contributed by atoms with Crippen molar-refractivity contribution >= 4 is 69.6 Å². The first kappa shape index (κ1) is 12.6. The molecule has 0 radical (unpaired) electrons. The van der Waals surface area contributed by atoms with Gasteiger partial charge in [0.15, 0.2) is 2.14 Å². The Hall–Kier alpha value is -0.450. The van der Waals surface area contributed by atoms with Crippen LogP contribution in [0.25, 0.3) is 21.8 Å². The second kappa shape index (κ2) is 4.58. The second-order valence-corrected chi connectivity index (χ2v) is 10.8. The van der Waals surface area contributed by atoms with Gasteiger partial charge in [0.2, 0.25) is 0 Å². The van der Waals surface area contributed by atoms with Crippen molar-refractivity contribution in [1.82, 2.24) is 4.98 Å². The predicted octanol–water partition coefficient (Wildman–Crippen LogP) is 5.68. The molecule has 3 rings (SSSR count). The highest BCUT2D eigenvalue weighted by Crippen LogP contribution is 2.49. The van der Waals surface area contributed by atoms with Gasteiger partial charge >= 0.3 is 0 Å². The van der Waals surface area contributed by atoms with Gasteiger partial charge in [0, 0.05) is 16.3 Å². The number of para-hydroxylation sites is 2. The zero-order chi connectivity index (χ0) is 12.8. The molecule has 2 aromatic carbocycles. The van der Waals surface area contributed by atoms with E-state index in [1.165, 1.54) is 0 Å². The Labute approximate surface area is 130 Å². The molecule has 1 nitrogen and oxygen atoms in total. The standard InChI is InChI=1S/C14H8Br3N/c15-14(16,17)13-9-5-1-3-7-11(9)18-12-8-4-2-6-10(12)13/h1-8H. The lowest BCUT2D eigenvalue weighted by Gasteiger charge is -2.18. The summed E-state index contributed by atoms with van der Waals surface area (Å²) in [5.74, 6) is 0. The summed E-state index contributed by atoms with van der Waals surface area (Å²) in [5, 5.41) is 2.25. The lowest BCUT2D eigenvalue weighted by Crippen LogP contribution is -2.01. The average Bonchev–Trinajstić information content (AvgIpc) is 2.34. The quantitative estimate of drug-likeness (QED) is 0.331. The number of fused-ring (bicyclic) bond motifs is 2. The van der Waals surface area contributed by atoms with Gasteiger partial charge in [-0.05, 0) is 12.1 Å². The van der Waals surface area contributed by atoms with Gasteiger partial charge in [-0.1, -0.05) is 84.2 Å². The fraction of sp³-hybridized carbons (Fsp3) is 0.0714. The lowest BCUT2D eigenvalue weighted by molar-refractivity contribution is 1.40. The minimum absolute atomic E-state index is 0.449. The molecule has 0 atom stereocenters. The van der Waals surface area contributed by atoms with E-state index < -0.39 is 2.14 Å². The number of rotatable bonds is 0. The zero-order valence-corrected chi connectivity index (χ0v) is 14.0. The largest absolute Gasteiger partial charge is 0.248 e. The number of hydrogen-bond acceptors (Lipinski definition) is 1. The van der Waals surface area contributed by atoms with E-state index in [0.717, 1.165) is 27.4 Å². The van der Waals surface area contributed by atoms with Crippen LogP contribution in [0, 0.1) is 0 Å². The zero-order valence-electron chi connectivity index (χ0n) is 9.20. The molecule has 0 aliphatic heterocycles. The van der Waals surface area contributed by atoms with Gasteiger partial charge in [0.05, 0.1) is 11.0 Å². The van der Waals surface area contributed by atoms with Gasteiger partial charge in [-0.25, -0.2) is 4.98 Å². The molecule has 0 bridgehead atoms. The third kappa shape index (κ3) is 2.10. The summed E-state index contributed by atoms with van der Waals surface area (Å²) in [6.07, 6.45) is 0. The third-order valence-electron chi connectivity index (χ3n) is 2.87. The first-order chi connectivity index (χ1) is 8.57. The lowest BCUT2D eigenvalue weighted by atomic mass is 10.0. The van der Waals surface area contributed by atoms with Crippen LogP contribution in [-0.2, 0) is 2.14 Å². The molecule has 0 saturated carbocycles. The van der Waals surface area contributed by atoms with Crippen molar-refractivity contribution < 1.29 is 0 Å². The summed E-state index contributed by atoms with van der Waals surface area (Å²) in [5.41, 5.74) is 3.13. The van der Waals surface area contributed by atoms with Crippen molar-refractivity contribution in [1.29, 1.82) is 0 Å². The van der Waals surface area contributed by atoms with Crippen molar-refractivity contribution in [3.8, 4) is 0 Å². The molecule has 0 spiro atoms. The van der Waals surface area contributed by atoms with E-state index in [9.17, 15) is 0 Å². The number of benzene rings is 2. The highest BCUT2D eigenvalue weighted by atomic mass is 80.0. The van der Waals surface area contributed by atoms with Crippen LogP contribution in [0.5, 0.6) is 0 Å². The average molecular weight is 430 g/mol. The molecule has 0 fully saturated rings. The first-order valence-corrected chi connectivity index (χ1v) is 7.80. The topological polar surface area (TPSA) is 12.9 Å². The summed E-state index contributed by atoms with van der Waals surface area (Å²) in [6, 6.07) is 16.3. The molecular formula is C14H8Br3N. The SMILES string of the molecule is BrC(Br)(Br)c1c2ccccc2nc2ccccc12. The Morgan fingerprint density at radius 2 is 1.17 bits per heavy atom. The Morgan fingerprint density at radius 1 is 0.722 bits per heavy atom. The van der Waals surface area contributed by atoms with E-state index in [1.807, 2.05) is 36.4 Å². The fourth-order valence-corrected chi connectivity index (χ4v) is 3.43. The van der Waals surface area contributed by atoms with Gasteiger partial charge in [-0.3, -0.25) is 0 Å². The van der Waals surface area contributed by atoms with E-state index >= 15 is 0 Å². The molecule has 1 heterocycles. The van der Waals surface area contributed by atoms with E-state index in [0.29, 0.717) is 0 Å². The van der Waals surface area contributed by atoms with E-state index in [1.54, 1.807) is 0 Å². The van der Waals surface area contributed by atoms with E-state index in [2.05, 4.69) is 64.9 Å². The smallest absolute Gasteiger partial charge is 0.161 e. The van der Waals surface area contributed by atoms with Crippen molar-refractivity contribution in [3.63, 3.8) is 0 Å². The van der Waals surface area contributed by atoms with Crippen molar-refractivity contribution in [2.24, 2.45) is 0 Å². The van der Waals surface area contributed by atoms with Crippen LogP contribution in [0.4, 0.5) is 0 Å². The van der Waals surface area contributed by atoms with Crippen LogP contribution in [-0.4, -0.2) is 4.98 Å². The van der Waals surface area contributed by atoms with Gasteiger partial charge in [0.1, 0.15) is 0 Å². The molecule has 3 aromatic rings. The van der Waals surface area contributed by atoms with Crippen LogP contribution >= 0.6 is 47.8 Å².